The summed E-state index contributed by atoms with van der Waals surface area (Å²) in [5, 5.41) is 15.4. The minimum absolute atomic E-state index is 0.220. The van der Waals surface area contributed by atoms with E-state index in [0.717, 1.165) is 12.8 Å². The highest BCUT2D eigenvalue weighted by atomic mass is 16.4. The molecule has 1 atom stereocenters. The summed E-state index contributed by atoms with van der Waals surface area (Å²) < 4.78 is 1.26. The average Bonchev–Trinajstić information content (AvgIpc) is 2.77. The zero-order valence-electron chi connectivity index (χ0n) is 10.0. The lowest BCUT2D eigenvalue weighted by Gasteiger charge is -2.05. The summed E-state index contributed by atoms with van der Waals surface area (Å²) in [7, 11) is 0. The van der Waals surface area contributed by atoms with E-state index in [9.17, 15) is 9.59 Å². The maximum absolute atomic E-state index is 11.6. The molecule has 1 amide bonds. The lowest BCUT2D eigenvalue weighted by molar-refractivity contribution is -0.140. The van der Waals surface area contributed by atoms with Gasteiger partial charge in [0.25, 0.3) is 5.91 Å². The van der Waals surface area contributed by atoms with E-state index in [1.165, 1.54) is 24.0 Å². The minimum atomic E-state index is -0.981. The number of carbonyl (C=O) groups excluding carboxylic acids is 1. The highest BCUT2D eigenvalue weighted by molar-refractivity contribution is 5.93. The Morgan fingerprint density at radius 1 is 1.59 bits per heavy atom. The molecule has 0 bridgehead atoms. The van der Waals surface area contributed by atoms with E-state index >= 15 is 0 Å². The molecule has 0 fully saturated rings. The van der Waals surface area contributed by atoms with Gasteiger partial charge in [0.2, 0.25) is 0 Å². The molecule has 1 unspecified atom stereocenters. The largest absolute Gasteiger partial charge is 0.480 e. The molecule has 0 spiro atoms. The number of carboxylic acid groups (broad SMARTS) is 1. The fourth-order valence-electron chi connectivity index (χ4n) is 1.26. The molecule has 1 aromatic heterocycles. The number of nitrogens with zero attached hydrogens (tertiary/aromatic N) is 2. The molecule has 94 valence electrons. The number of amides is 1. The number of carbonyl (C=O) groups is 2. The summed E-state index contributed by atoms with van der Waals surface area (Å²) in [6, 6.07) is -0.771. The second-order valence-corrected chi connectivity index (χ2v) is 3.83. The SMILES string of the molecule is CCCCNC(=O)c1cnn(C(C)C(=O)O)c1. The van der Waals surface area contributed by atoms with Crippen LogP contribution in [0, 0.1) is 0 Å². The topological polar surface area (TPSA) is 84.2 Å². The third-order valence-electron chi connectivity index (χ3n) is 2.43. The molecular weight excluding hydrogens is 222 g/mol. The molecule has 6 nitrogen and oxygen atoms in total. The Balaban J connectivity index is 2.61. The normalized spacial score (nSPS) is 12.1. The van der Waals surface area contributed by atoms with Gasteiger partial charge in [0, 0.05) is 12.7 Å². The molecule has 2 N–H and O–H groups in total. The van der Waals surface area contributed by atoms with E-state index in [-0.39, 0.29) is 5.91 Å². The van der Waals surface area contributed by atoms with Gasteiger partial charge < -0.3 is 10.4 Å². The zero-order chi connectivity index (χ0) is 12.8. The smallest absolute Gasteiger partial charge is 0.328 e. The lowest BCUT2D eigenvalue weighted by Crippen LogP contribution is -2.24. The van der Waals surface area contributed by atoms with Crippen molar-refractivity contribution in [2.45, 2.75) is 32.7 Å². The van der Waals surface area contributed by atoms with Gasteiger partial charge in [-0.2, -0.15) is 5.10 Å². The molecule has 0 saturated heterocycles. The summed E-state index contributed by atoms with van der Waals surface area (Å²) in [6.45, 7) is 4.17. The van der Waals surface area contributed by atoms with Crippen molar-refractivity contribution in [3.63, 3.8) is 0 Å². The highest BCUT2D eigenvalue weighted by Gasteiger charge is 2.16. The number of hydrogen-bond donors (Lipinski definition) is 2. The maximum atomic E-state index is 11.6. The average molecular weight is 239 g/mol. The van der Waals surface area contributed by atoms with Crippen molar-refractivity contribution >= 4 is 11.9 Å². The molecule has 0 radical (unpaired) electrons. The fraction of sp³-hybridized carbons (Fsp3) is 0.545. The first kappa shape index (κ1) is 13.2. The Morgan fingerprint density at radius 2 is 2.29 bits per heavy atom. The molecule has 1 rings (SSSR count). The van der Waals surface area contributed by atoms with Gasteiger partial charge in [-0.25, -0.2) is 4.79 Å². The van der Waals surface area contributed by atoms with Crippen LogP contribution in [0.15, 0.2) is 12.4 Å². The van der Waals surface area contributed by atoms with Gasteiger partial charge in [0.05, 0.1) is 11.8 Å². The van der Waals surface area contributed by atoms with Crippen molar-refractivity contribution in [2.24, 2.45) is 0 Å². The second kappa shape index (κ2) is 6.03. The molecule has 0 aliphatic carbocycles. The second-order valence-electron chi connectivity index (χ2n) is 3.83. The van der Waals surface area contributed by atoms with Crippen LogP contribution in [0.4, 0.5) is 0 Å². The van der Waals surface area contributed by atoms with Crippen LogP contribution >= 0.6 is 0 Å². The molecular formula is C11H17N3O3. The van der Waals surface area contributed by atoms with Gasteiger partial charge in [0.1, 0.15) is 6.04 Å². The van der Waals surface area contributed by atoms with Crippen LogP contribution in [-0.2, 0) is 4.79 Å². The molecule has 17 heavy (non-hydrogen) atoms. The first-order chi connectivity index (χ1) is 8.06. The number of hydrogen-bond acceptors (Lipinski definition) is 3. The van der Waals surface area contributed by atoms with Crippen LogP contribution in [0.2, 0.25) is 0 Å². The quantitative estimate of drug-likeness (QED) is 0.727. The van der Waals surface area contributed by atoms with Crippen LogP contribution in [-0.4, -0.2) is 33.3 Å². The van der Waals surface area contributed by atoms with E-state index in [4.69, 9.17) is 5.11 Å². The van der Waals surface area contributed by atoms with E-state index in [1.54, 1.807) is 0 Å². The number of aromatic nitrogens is 2. The summed E-state index contributed by atoms with van der Waals surface area (Å²) >= 11 is 0. The van der Waals surface area contributed by atoms with Crippen LogP contribution in [0.5, 0.6) is 0 Å². The minimum Gasteiger partial charge on any atom is -0.480 e. The van der Waals surface area contributed by atoms with Gasteiger partial charge in [0.15, 0.2) is 0 Å². The van der Waals surface area contributed by atoms with Crippen LogP contribution in [0.3, 0.4) is 0 Å². The predicted molar refractivity (Wildman–Crippen MR) is 61.8 cm³/mol. The Hall–Kier alpha value is -1.85. The molecule has 0 aliphatic rings. The Labute approximate surface area is 99.6 Å². The van der Waals surface area contributed by atoms with E-state index in [2.05, 4.69) is 10.4 Å². The van der Waals surface area contributed by atoms with Crippen LogP contribution < -0.4 is 5.32 Å². The Kier molecular flexibility index (Phi) is 4.68. The molecule has 0 aliphatic heterocycles. The van der Waals surface area contributed by atoms with Crippen LogP contribution in [0.1, 0.15) is 43.1 Å². The number of aliphatic carboxylic acids is 1. The predicted octanol–water partition coefficient (Wildman–Crippen LogP) is 1.06. The van der Waals surface area contributed by atoms with Crippen molar-refractivity contribution in [1.82, 2.24) is 15.1 Å². The van der Waals surface area contributed by atoms with Crippen molar-refractivity contribution < 1.29 is 14.7 Å². The van der Waals surface area contributed by atoms with E-state index in [0.29, 0.717) is 12.1 Å². The Morgan fingerprint density at radius 3 is 2.88 bits per heavy atom. The number of nitrogens with one attached hydrogen (secondary N) is 1. The van der Waals surface area contributed by atoms with Crippen molar-refractivity contribution in [3.8, 4) is 0 Å². The molecule has 0 saturated carbocycles. The third kappa shape index (κ3) is 3.58. The zero-order valence-corrected chi connectivity index (χ0v) is 10.0. The lowest BCUT2D eigenvalue weighted by atomic mass is 10.3. The van der Waals surface area contributed by atoms with Gasteiger partial charge in [-0.1, -0.05) is 13.3 Å². The number of rotatable bonds is 6. The first-order valence-corrected chi connectivity index (χ1v) is 5.61. The fourth-order valence-corrected chi connectivity index (χ4v) is 1.26. The van der Waals surface area contributed by atoms with Crippen molar-refractivity contribution in [1.29, 1.82) is 0 Å². The van der Waals surface area contributed by atoms with E-state index in [1.807, 2.05) is 6.92 Å². The summed E-state index contributed by atoms with van der Waals surface area (Å²) in [5.41, 5.74) is 0.384. The van der Waals surface area contributed by atoms with Crippen molar-refractivity contribution in [3.05, 3.63) is 18.0 Å². The molecule has 1 aromatic rings. The first-order valence-electron chi connectivity index (χ1n) is 5.61. The molecule has 0 aromatic carbocycles. The van der Waals surface area contributed by atoms with Gasteiger partial charge in [-0.15, -0.1) is 0 Å². The number of unbranched alkanes of at least 4 members (excludes halogenated alkanes) is 1. The van der Waals surface area contributed by atoms with Gasteiger partial charge >= 0.3 is 5.97 Å². The van der Waals surface area contributed by atoms with Crippen molar-refractivity contribution in [2.75, 3.05) is 6.54 Å². The summed E-state index contributed by atoms with van der Waals surface area (Å²) in [5.74, 6) is -1.20. The Bertz CT molecular complexity index is 400. The van der Waals surface area contributed by atoms with E-state index < -0.39 is 12.0 Å². The van der Waals surface area contributed by atoms with Gasteiger partial charge in [-0.3, -0.25) is 9.48 Å². The summed E-state index contributed by atoms with van der Waals surface area (Å²) in [6.07, 6.45) is 4.75. The maximum Gasteiger partial charge on any atom is 0.328 e. The molecule has 1 heterocycles. The number of carboxylic acids is 1. The van der Waals surface area contributed by atoms with Crippen LogP contribution in [0.25, 0.3) is 0 Å². The highest BCUT2D eigenvalue weighted by Crippen LogP contribution is 2.06. The monoisotopic (exact) mass is 239 g/mol. The van der Waals surface area contributed by atoms with Gasteiger partial charge in [-0.05, 0) is 13.3 Å². The molecule has 6 heteroatoms. The summed E-state index contributed by atoms with van der Waals surface area (Å²) in [4.78, 5) is 22.3. The standard InChI is InChI=1S/C11H17N3O3/c1-3-4-5-12-10(15)9-6-13-14(7-9)8(2)11(16)17/h6-8H,3-5H2,1-2H3,(H,12,15)(H,16,17). The third-order valence-corrected chi connectivity index (χ3v) is 2.43.